The van der Waals surface area contributed by atoms with Crippen molar-refractivity contribution in [2.45, 2.75) is 0 Å². The Hall–Kier alpha value is -3.34. The van der Waals surface area contributed by atoms with Crippen LogP contribution < -0.4 is 9.47 Å². The lowest BCUT2D eigenvalue weighted by Gasteiger charge is -2.08. The zero-order chi connectivity index (χ0) is 17.8. The van der Waals surface area contributed by atoms with E-state index in [0.29, 0.717) is 11.3 Å². The highest BCUT2D eigenvalue weighted by Gasteiger charge is 2.17. The van der Waals surface area contributed by atoms with Gasteiger partial charge < -0.3 is 9.47 Å². The fourth-order valence-electron chi connectivity index (χ4n) is 2.66. The summed E-state index contributed by atoms with van der Waals surface area (Å²) in [7, 11) is 3.19. The Kier molecular flexibility index (Phi) is 4.66. The summed E-state index contributed by atoms with van der Waals surface area (Å²) >= 11 is 0. The minimum absolute atomic E-state index is 0.0680. The maximum Gasteiger partial charge on any atom is 0.277 e. The van der Waals surface area contributed by atoms with Crippen molar-refractivity contribution < 1.29 is 14.4 Å². The van der Waals surface area contributed by atoms with Crippen molar-refractivity contribution in [3.8, 4) is 33.8 Å². The third-order valence-corrected chi connectivity index (χ3v) is 4.02. The standard InChI is InChI=1S/C20H17NO4/c1-24-17-8-3-14(4-9-17)16-7-12-19(20(13-16)21(22)23)15-5-10-18(25-2)11-6-15/h3-13H,1-2H3. The summed E-state index contributed by atoms with van der Waals surface area (Å²) in [4.78, 5) is 11.2. The number of hydrogen-bond donors (Lipinski definition) is 0. The van der Waals surface area contributed by atoms with Gasteiger partial charge in [-0.15, -0.1) is 0 Å². The molecule has 0 bridgehead atoms. The van der Waals surface area contributed by atoms with Gasteiger partial charge in [0, 0.05) is 6.07 Å². The van der Waals surface area contributed by atoms with Gasteiger partial charge >= 0.3 is 0 Å². The molecule has 0 amide bonds. The zero-order valence-corrected chi connectivity index (χ0v) is 13.9. The molecule has 0 fully saturated rings. The molecule has 0 aromatic heterocycles. The topological polar surface area (TPSA) is 61.6 Å². The van der Waals surface area contributed by atoms with E-state index in [4.69, 9.17) is 9.47 Å². The summed E-state index contributed by atoms with van der Waals surface area (Å²) in [6, 6.07) is 19.9. The van der Waals surface area contributed by atoms with Crippen molar-refractivity contribution in [1.29, 1.82) is 0 Å². The third kappa shape index (κ3) is 3.45. The molecule has 25 heavy (non-hydrogen) atoms. The lowest BCUT2D eigenvalue weighted by atomic mass is 9.98. The Morgan fingerprint density at radius 1 is 0.720 bits per heavy atom. The molecule has 5 nitrogen and oxygen atoms in total. The van der Waals surface area contributed by atoms with Crippen LogP contribution in [-0.4, -0.2) is 19.1 Å². The van der Waals surface area contributed by atoms with E-state index in [2.05, 4.69) is 0 Å². The first kappa shape index (κ1) is 16.5. The van der Waals surface area contributed by atoms with Crippen LogP contribution in [0.4, 0.5) is 5.69 Å². The van der Waals surface area contributed by atoms with E-state index in [0.717, 1.165) is 22.4 Å². The second-order valence-electron chi connectivity index (χ2n) is 5.45. The molecule has 0 unspecified atom stereocenters. The molecular weight excluding hydrogens is 318 g/mol. The molecule has 0 saturated carbocycles. The normalized spacial score (nSPS) is 10.3. The molecule has 0 N–H and O–H groups in total. The molecule has 0 radical (unpaired) electrons. The van der Waals surface area contributed by atoms with Gasteiger partial charge in [-0.05, 0) is 47.0 Å². The van der Waals surface area contributed by atoms with Gasteiger partial charge in [-0.2, -0.15) is 0 Å². The van der Waals surface area contributed by atoms with Crippen molar-refractivity contribution in [3.05, 3.63) is 76.8 Å². The number of ether oxygens (including phenoxy) is 2. The van der Waals surface area contributed by atoms with E-state index in [1.54, 1.807) is 38.5 Å². The van der Waals surface area contributed by atoms with Gasteiger partial charge in [-0.3, -0.25) is 10.1 Å². The molecular formula is C20H17NO4. The van der Waals surface area contributed by atoms with Gasteiger partial charge in [0.05, 0.1) is 24.7 Å². The van der Waals surface area contributed by atoms with Crippen molar-refractivity contribution >= 4 is 5.69 Å². The second kappa shape index (κ2) is 7.05. The Balaban J connectivity index is 2.04. The largest absolute Gasteiger partial charge is 0.497 e. The lowest BCUT2D eigenvalue weighted by Crippen LogP contribution is -1.93. The van der Waals surface area contributed by atoms with Gasteiger partial charge in [0.2, 0.25) is 0 Å². The zero-order valence-electron chi connectivity index (χ0n) is 13.9. The number of hydrogen-bond acceptors (Lipinski definition) is 4. The van der Waals surface area contributed by atoms with Crippen LogP contribution in [0.5, 0.6) is 11.5 Å². The molecule has 126 valence electrons. The molecule has 5 heteroatoms. The average molecular weight is 335 g/mol. The minimum atomic E-state index is -0.355. The van der Waals surface area contributed by atoms with Crippen LogP contribution in [-0.2, 0) is 0 Å². The number of nitro benzene ring substituents is 1. The van der Waals surface area contributed by atoms with Crippen molar-refractivity contribution in [1.82, 2.24) is 0 Å². The first-order valence-corrected chi connectivity index (χ1v) is 7.69. The van der Waals surface area contributed by atoms with Crippen molar-refractivity contribution in [3.63, 3.8) is 0 Å². The molecule has 0 saturated heterocycles. The molecule has 0 aliphatic heterocycles. The highest BCUT2D eigenvalue weighted by atomic mass is 16.6. The fourth-order valence-corrected chi connectivity index (χ4v) is 2.66. The number of benzene rings is 3. The molecule has 3 aromatic carbocycles. The van der Waals surface area contributed by atoms with Gasteiger partial charge in [-0.1, -0.05) is 30.3 Å². The van der Waals surface area contributed by atoms with Crippen LogP contribution in [0.3, 0.4) is 0 Å². The average Bonchev–Trinajstić information content (AvgIpc) is 2.67. The van der Waals surface area contributed by atoms with E-state index in [9.17, 15) is 10.1 Å². The molecule has 0 spiro atoms. The van der Waals surface area contributed by atoms with Crippen LogP contribution in [0.25, 0.3) is 22.3 Å². The van der Waals surface area contributed by atoms with Crippen LogP contribution in [0.2, 0.25) is 0 Å². The van der Waals surface area contributed by atoms with E-state index >= 15 is 0 Å². The minimum Gasteiger partial charge on any atom is -0.497 e. The number of methoxy groups -OCH3 is 2. The predicted molar refractivity (Wildman–Crippen MR) is 97.1 cm³/mol. The monoisotopic (exact) mass is 335 g/mol. The first-order valence-electron chi connectivity index (χ1n) is 7.69. The first-order chi connectivity index (χ1) is 12.1. The predicted octanol–water partition coefficient (Wildman–Crippen LogP) is 4.95. The summed E-state index contributed by atoms with van der Waals surface area (Å²) in [5.74, 6) is 1.45. The quantitative estimate of drug-likeness (QED) is 0.489. The van der Waals surface area contributed by atoms with Crippen LogP contribution in [0.15, 0.2) is 66.7 Å². The maximum absolute atomic E-state index is 11.6. The van der Waals surface area contributed by atoms with E-state index in [1.165, 1.54) is 0 Å². The summed E-state index contributed by atoms with van der Waals surface area (Å²) in [5.41, 5.74) is 3.09. The molecule has 0 atom stereocenters. The number of nitrogens with zero attached hydrogens (tertiary/aromatic N) is 1. The van der Waals surface area contributed by atoms with E-state index < -0.39 is 0 Å². The van der Waals surface area contributed by atoms with E-state index in [1.807, 2.05) is 42.5 Å². The van der Waals surface area contributed by atoms with Gasteiger partial charge in [0.15, 0.2) is 0 Å². The SMILES string of the molecule is COc1ccc(-c2ccc(-c3ccc(OC)cc3)c([N+](=O)[O-])c2)cc1. The summed E-state index contributed by atoms with van der Waals surface area (Å²) in [5, 5.41) is 11.6. The van der Waals surface area contributed by atoms with E-state index in [-0.39, 0.29) is 10.6 Å². The second-order valence-corrected chi connectivity index (χ2v) is 5.45. The molecule has 3 aromatic rings. The Bertz CT molecular complexity index is 887. The summed E-state index contributed by atoms with van der Waals surface area (Å²) in [6.07, 6.45) is 0. The lowest BCUT2D eigenvalue weighted by molar-refractivity contribution is -0.384. The highest BCUT2D eigenvalue weighted by Crippen LogP contribution is 2.35. The van der Waals surface area contributed by atoms with Crippen LogP contribution in [0.1, 0.15) is 0 Å². The Labute approximate surface area is 145 Å². The highest BCUT2D eigenvalue weighted by molar-refractivity contribution is 5.79. The van der Waals surface area contributed by atoms with Gasteiger partial charge in [0.1, 0.15) is 11.5 Å². The summed E-state index contributed by atoms with van der Waals surface area (Å²) in [6.45, 7) is 0. The smallest absolute Gasteiger partial charge is 0.277 e. The number of nitro groups is 1. The van der Waals surface area contributed by atoms with Crippen LogP contribution >= 0.6 is 0 Å². The fraction of sp³-hybridized carbons (Fsp3) is 0.100. The van der Waals surface area contributed by atoms with Crippen molar-refractivity contribution in [2.24, 2.45) is 0 Å². The molecule has 0 aliphatic rings. The molecule has 0 aliphatic carbocycles. The Morgan fingerprint density at radius 2 is 1.20 bits per heavy atom. The van der Waals surface area contributed by atoms with Crippen LogP contribution in [0, 0.1) is 10.1 Å². The Morgan fingerprint density at radius 3 is 1.68 bits per heavy atom. The summed E-state index contributed by atoms with van der Waals surface area (Å²) < 4.78 is 10.3. The molecule has 0 heterocycles. The third-order valence-electron chi connectivity index (χ3n) is 4.02. The maximum atomic E-state index is 11.6. The number of rotatable bonds is 5. The molecule has 3 rings (SSSR count). The van der Waals surface area contributed by atoms with Gasteiger partial charge in [0.25, 0.3) is 5.69 Å². The van der Waals surface area contributed by atoms with Gasteiger partial charge in [-0.25, -0.2) is 0 Å². The van der Waals surface area contributed by atoms with Crippen molar-refractivity contribution in [2.75, 3.05) is 14.2 Å².